The van der Waals surface area contributed by atoms with E-state index in [1.165, 1.54) is 17.7 Å². The SMILES string of the molecule is O=C(Cc1ccc(F)cc1)Nc1ccc(NCCc2ccc(Cl)cc2)nc1. The van der Waals surface area contributed by atoms with Crippen molar-refractivity contribution in [1.29, 1.82) is 0 Å². The van der Waals surface area contributed by atoms with Crippen LogP contribution in [0.4, 0.5) is 15.9 Å². The molecule has 3 aromatic rings. The van der Waals surface area contributed by atoms with Crippen LogP contribution in [0.15, 0.2) is 66.9 Å². The van der Waals surface area contributed by atoms with Gasteiger partial charge < -0.3 is 10.6 Å². The van der Waals surface area contributed by atoms with Gasteiger partial charge in [0, 0.05) is 11.6 Å². The quantitative estimate of drug-likeness (QED) is 0.621. The fourth-order valence-electron chi connectivity index (χ4n) is 2.55. The molecule has 4 nitrogen and oxygen atoms in total. The third-order valence-corrected chi connectivity index (χ3v) is 4.21. The number of rotatable bonds is 7. The number of nitrogens with one attached hydrogen (secondary N) is 2. The van der Waals surface area contributed by atoms with Gasteiger partial charge in [-0.2, -0.15) is 0 Å². The van der Waals surface area contributed by atoms with E-state index in [-0.39, 0.29) is 18.1 Å². The summed E-state index contributed by atoms with van der Waals surface area (Å²) >= 11 is 5.87. The predicted molar refractivity (Wildman–Crippen MR) is 107 cm³/mol. The average Bonchev–Trinajstić information content (AvgIpc) is 2.67. The van der Waals surface area contributed by atoms with Crippen molar-refractivity contribution in [3.05, 3.63) is 88.8 Å². The van der Waals surface area contributed by atoms with Crippen LogP contribution in [0, 0.1) is 5.82 Å². The summed E-state index contributed by atoms with van der Waals surface area (Å²) in [5.41, 5.74) is 2.56. The number of amides is 1. The van der Waals surface area contributed by atoms with Gasteiger partial charge in [0.1, 0.15) is 11.6 Å². The number of halogens is 2. The zero-order valence-corrected chi connectivity index (χ0v) is 15.3. The molecule has 6 heteroatoms. The highest BCUT2D eigenvalue weighted by Gasteiger charge is 2.05. The van der Waals surface area contributed by atoms with E-state index in [1.807, 2.05) is 30.3 Å². The van der Waals surface area contributed by atoms with Gasteiger partial charge in [-0.1, -0.05) is 35.9 Å². The van der Waals surface area contributed by atoms with Crippen LogP contribution in [0.1, 0.15) is 11.1 Å². The molecular weight excluding hydrogens is 365 g/mol. The molecule has 0 saturated heterocycles. The summed E-state index contributed by atoms with van der Waals surface area (Å²) in [6.07, 6.45) is 2.64. The standard InChI is InChI=1S/C21H19ClFN3O/c22-17-5-1-15(2-6-17)11-12-24-20-10-9-19(14-25-20)26-21(27)13-16-3-7-18(23)8-4-16/h1-10,14H,11-13H2,(H,24,25)(H,26,27). The molecule has 27 heavy (non-hydrogen) atoms. The lowest BCUT2D eigenvalue weighted by atomic mass is 10.1. The van der Waals surface area contributed by atoms with Crippen molar-refractivity contribution in [2.75, 3.05) is 17.2 Å². The number of aromatic nitrogens is 1. The van der Waals surface area contributed by atoms with Crippen molar-refractivity contribution >= 4 is 29.0 Å². The predicted octanol–water partition coefficient (Wildman–Crippen LogP) is 4.71. The van der Waals surface area contributed by atoms with Gasteiger partial charge in [-0.05, 0) is 53.9 Å². The second-order valence-electron chi connectivity index (χ2n) is 6.09. The smallest absolute Gasteiger partial charge is 0.228 e. The zero-order valence-electron chi connectivity index (χ0n) is 14.6. The minimum Gasteiger partial charge on any atom is -0.370 e. The number of carbonyl (C=O) groups is 1. The molecule has 138 valence electrons. The third-order valence-electron chi connectivity index (χ3n) is 3.96. The van der Waals surface area contributed by atoms with Gasteiger partial charge in [-0.15, -0.1) is 0 Å². The van der Waals surface area contributed by atoms with Crippen LogP contribution in [-0.4, -0.2) is 17.4 Å². The molecule has 0 radical (unpaired) electrons. The van der Waals surface area contributed by atoms with Gasteiger partial charge in [0.25, 0.3) is 0 Å². The Labute approximate surface area is 162 Å². The van der Waals surface area contributed by atoms with Crippen molar-refractivity contribution in [3.8, 4) is 0 Å². The van der Waals surface area contributed by atoms with Gasteiger partial charge in [0.2, 0.25) is 5.91 Å². The molecule has 1 amide bonds. The van der Waals surface area contributed by atoms with Crippen molar-refractivity contribution in [1.82, 2.24) is 4.98 Å². The van der Waals surface area contributed by atoms with Crippen LogP contribution in [-0.2, 0) is 17.6 Å². The summed E-state index contributed by atoms with van der Waals surface area (Å²) in [6, 6.07) is 17.2. The summed E-state index contributed by atoms with van der Waals surface area (Å²) in [5, 5.41) is 6.75. The Bertz CT molecular complexity index is 881. The number of nitrogens with zero attached hydrogens (tertiary/aromatic N) is 1. The van der Waals surface area contributed by atoms with E-state index in [1.54, 1.807) is 24.4 Å². The Balaban J connectivity index is 1.45. The minimum atomic E-state index is -0.317. The second kappa shape index (κ2) is 9.14. The largest absolute Gasteiger partial charge is 0.370 e. The fraction of sp³-hybridized carbons (Fsp3) is 0.143. The molecule has 0 aliphatic carbocycles. The van der Waals surface area contributed by atoms with Gasteiger partial charge >= 0.3 is 0 Å². The van der Waals surface area contributed by atoms with Crippen LogP contribution in [0.5, 0.6) is 0 Å². The highest BCUT2D eigenvalue weighted by molar-refractivity contribution is 6.30. The molecule has 0 bridgehead atoms. The first-order chi connectivity index (χ1) is 13.1. The topological polar surface area (TPSA) is 54.0 Å². The van der Waals surface area contributed by atoms with Crippen LogP contribution in [0.3, 0.4) is 0 Å². The van der Waals surface area contributed by atoms with Crippen molar-refractivity contribution in [2.45, 2.75) is 12.8 Å². The molecule has 1 heterocycles. The number of benzene rings is 2. The maximum atomic E-state index is 12.9. The molecule has 2 N–H and O–H groups in total. The van der Waals surface area contributed by atoms with E-state index in [4.69, 9.17) is 11.6 Å². The number of carbonyl (C=O) groups excluding carboxylic acids is 1. The van der Waals surface area contributed by atoms with Crippen LogP contribution >= 0.6 is 11.6 Å². The molecule has 0 fully saturated rings. The van der Waals surface area contributed by atoms with E-state index in [9.17, 15) is 9.18 Å². The van der Waals surface area contributed by atoms with Gasteiger partial charge in [-0.25, -0.2) is 9.37 Å². The van der Waals surface area contributed by atoms with E-state index < -0.39 is 0 Å². The summed E-state index contributed by atoms with van der Waals surface area (Å²) in [6.45, 7) is 0.741. The lowest BCUT2D eigenvalue weighted by molar-refractivity contribution is -0.115. The molecule has 0 aliphatic heterocycles. The maximum Gasteiger partial charge on any atom is 0.228 e. The van der Waals surface area contributed by atoms with Crippen molar-refractivity contribution in [2.24, 2.45) is 0 Å². The molecule has 0 saturated carbocycles. The van der Waals surface area contributed by atoms with E-state index in [2.05, 4.69) is 15.6 Å². The minimum absolute atomic E-state index is 0.174. The molecule has 3 rings (SSSR count). The van der Waals surface area contributed by atoms with Gasteiger partial charge in [-0.3, -0.25) is 4.79 Å². The molecular formula is C21H19ClFN3O. The highest BCUT2D eigenvalue weighted by atomic mass is 35.5. The van der Waals surface area contributed by atoms with Crippen LogP contribution in [0.2, 0.25) is 5.02 Å². The number of hydrogen-bond acceptors (Lipinski definition) is 3. The number of hydrogen-bond donors (Lipinski definition) is 2. The van der Waals surface area contributed by atoms with E-state index in [0.29, 0.717) is 5.69 Å². The Morgan fingerprint density at radius 3 is 2.33 bits per heavy atom. The lowest BCUT2D eigenvalue weighted by Gasteiger charge is -2.08. The summed E-state index contributed by atoms with van der Waals surface area (Å²) in [7, 11) is 0. The molecule has 0 unspecified atom stereocenters. The van der Waals surface area contributed by atoms with E-state index >= 15 is 0 Å². The monoisotopic (exact) mass is 383 g/mol. The van der Waals surface area contributed by atoms with Crippen molar-refractivity contribution in [3.63, 3.8) is 0 Å². The zero-order chi connectivity index (χ0) is 19.1. The molecule has 0 atom stereocenters. The number of pyridine rings is 1. The fourth-order valence-corrected chi connectivity index (χ4v) is 2.68. The molecule has 1 aromatic heterocycles. The molecule has 0 spiro atoms. The summed E-state index contributed by atoms with van der Waals surface area (Å²) in [4.78, 5) is 16.3. The second-order valence-corrected chi connectivity index (χ2v) is 6.52. The Kier molecular flexibility index (Phi) is 6.39. The van der Waals surface area contributed by atoms with Crippen LogP contribution < -0.4 is 10.6 Å². The molecule has 0 aliphatic rings. The first-order valence-corrected chi connectivity index (χ1v) is 8.95. The van der Waals surface area contributed by atoms with Crippen molar-refractivity contribution < 1.29 is 9.18 Å². The first-order valence-electron chi connectivity index (χ1n) is 8.57. The normalized spacial score (nSPS) is 10.4. The van der Waals surface area contributed by atoms with Gasteiger partial charge in [0.15, 0.2) is 0 Å². The lowest BCUT2D eigenvalue weighted by Crippen LogP contribution is -2.14. The Morgan fingerprint density at radius 1 is 0.963 bits per heavy atom. The molecule has 2 aromatic carbocycles. The van der Waals surface area contributed by atoms with E-state index in [0.717, 1.165) is 29.4 Å². The Morgan fingerprint density at radius 2 is 1.67 bits per heavy atom. The first kappa shape index (κ1) is 18.9. The highest BCUT2D eigenvalue weighted by Crippen LogP contribution is 2.13. The summed E-state index contributed by atoms with van der Waals surface area (Å²) in [5.74, 6) is 0.245. The summed E-state index contributed by atoms with van der Waals surface area (Å²) < 4.78 is 12.9. The maximum absolute atomic E-state index is 12.9. The van der Waals surface area contributed by atoms with Crippen LogP contribution in [0.25, 0.3) is 0 Å². The Hall–Kier alpha value is -2.92. The average molecular weight is 384 g/mol. The van der Waals surface area contributed by atoms with Gasteiger partial charge in [0.05, 0.1) is 18.3 Å². The third kappa shape index (κ3) is 6.08. The number of anilines is 2.